The van der Waals surface area contributed by atoms with Gasteiger partial charge in [-0.1, -0.05) is 32.1 Å². The van der Waals surface area contributed by atoms with E-state index in [1.54, 1.807) is 6.26 Å². The predicted octanol–water partition coefficient (Wildman–Crippen LogP) is 4.97. The zero-order valence-corrected chi connectivity index (χ0v) is 16.4. The Morgan fingerprint density at radius 1 is 1.11 bits per heavy atom. The van der Waals surface area contributed by atoms with Crippen molar-refractivity contribution >= 4 is 0 Å². The lowest BCUT2D eigenvalue weighted by molar-refractivity contribution is -0.169. The zero-order valence-electron chi connectivity index (χ0n) is 16.4. The minimum absolute atomic E-state index is 0.152. The van der Waals surface area contributed by atoms with E-state index in [9.17, 15) is 9.90 Å². The molecule has 1 aromatic rings. The largest absolute Gasteiger partial charge is 0.431 e. The normalized spacial score (nSPS) is 45.6. The summed E-state index contributed by atoms with van der Waals surface area (Å²) in [5.74, 6) is 1.16. The van der Waals surface area contributed by atoms with Gasteiger partial charge in [0.1, 0.15) is 0 Å². The molecule has 0 bridgehead atoms. The van der Waals surface area contributed by atoms with Crippen molar-refractivity contribution in [3.8, 4) is 0 Å². The first-order chi connectivity index (χ1) is 12.9. The number of fused-ring (bicyclic) bond motifs is 5. The molecule has 0 aliphatic heterocycles. The first kappa shape index (κ1) is 17.5. The summed E-state index contributed by atoms with van der Waals surface area (Å²) >= 11 is 0. The molecule has 1 heterocycles. The topological polar surface area (TPSA) is 50.4 Å². The molecule has 2 fully saturated rings. The van der Waals surface area contributed by atoms with Crippen LogP contribution in [0.1, 0.15) is 70.3 Å². The number of hydrogen-bond donors (Lipinski definition) is 1. The molecule has 0 saturated heterocycles. The Bertz CT molecular complexity index is 859. The molecule has 27 heavy (non-hydrogen) atoms. The van der Waals surface area contributed by atoms with Gasteiger partial charge in [-0.2, -0.15) is 0 Å². The van der Waals surface area contributed by atoms with Gasteiger partial charge in [-0.15, -0.1) is 0 Å². The van der Waals surface area contributed by atoms with Gasteiger partial charge < -0.3 is 9.52 Å². The molecule has 1 aromatic heterocycles. The van der Waals surface area contributed by atoms with Gasteiger partial charge in [0.25, 0.3) is 0 Å². The minimum atomic E-state index is -0.636. The van der Waals surface area contributed by atoms with Crippen LogP contribution in [-0.4, -0.2) is 10.7 Å². The van der Waals surface area contributed by atoms with Gasteiger partial charge in [0.2, 0.25) is 0 Å². The van der Waals surface area contributed by atoms with E-state index in [2.05, 4.69) is 32.1 Å². The van der Waals surface area contributed by atoms with Gasteiger partial charge in [-0.25, -0.2) is 4.79 Å². The Hall–Kier alpha value is -1.61. The Kier molecular flexibility index (Phi) is 3.69. The molecular formula is C24H30O3. The lowest BCUT2D eigenvalue weighted by Gasteiger charge is -2.60. The quantitative estimate of drug-likeness (QED) is 0.764. The molecule has 1 N–H and O–H groups in total. The van der Waals surface area contributed by atoms with Crippen LogP contribution in [-0.2, 0) is 0 Å². The van der Waals surface area contributed by atoms with Crippen LogP contribution in [0.5, 0.6) is 0 Å². The Labute approximate surface area is 161 Å². The van der Waals surface area contributed by atoms with E-state index in [4.69, 9.17) is 4.42 Å². The molecule has 0 spiro atoms. The van der Waals surface area contributed by atoms with Crippen molar-refractivity contribution in [2.75, 3.05) is 0 Å². The van der Waals surface area contributed by atoms with Crippen LogP contribution in [0.2, 0.25) is 0 Å². The third-order valence-electron chi connectivity index (χ3n) is 8.97. The Morgan fingerprint density at radius 2 is 1.96 bits per heavy atom. The van der Waals surface area contributed by atoms with Crippen LogP contribution >= 0.6 is 0 Å². The summed E-state index contributed by atoms with van der Waals surface area (Å²) in [6, 6.07) is 3.43. The summed E-state index contributed by atoms with van der Waals surface area (Å²) in [7, 11) is 0. The number of aliphatic hydroxyl groups is 1. The van der Waals surface area contributed by atoms with Crippen LogP contribution in [0.25, 0.3) is 0 Å². The van der Waals surface area contributed by atoms with Gasteiger partial charge in [0.05, 0.1) is 11.9 Å². The van der Waals surface area contributed by atoms with Gasteiger partial charge in [0, 0.05) is 11.5 Å². The zero-order chi connectivity index (χ0) is 18.9. The summed E-state index contributed by atoms with van der Waals surface area (Å²) in [6.45, 7) is 4.72. The predicted molar refractivity (Wildman–Crippen MR) is 105 cm³/mol. The molecule has 6 unspecified atom stereocenters. The molecule has 3 heteroatoms. The van der Waals surface area contributed by atoms with Crippen molar-refractivity contribution in [3.05, 3.63) is 58.2 Å². The van der Waals surface area contributed by atoms with E-state index in [1.165, 1.54) is 24.5 Å². The molecule has 144 valence electrons. The maximum Gasteiger partial charge on any atom is 0.335 e. The molecule has 2 saturated carbocycles. The highest BCUT2D eigenvalue weighted by atomic mass is 16.4. The van der Waals surface area contributed by atoms with Gasteiger partial charge in [0.15, 0.2) is 0 Å². The van der Waals surface area contributed by atoms with Crippen molar-refractivity contribution in [1.82, 2.24) is 0 Å². The molecule has 6 atom stereocenters. The molecule has 0 aromatic carbocycles. The maximum atomic E-state index is 12.1. The van der Waals surface area contributed by atoms with E-state index in [1.807, 2.05) is 6.07 Å². The fraction of sp³-hybridized carbons (Fsp3) is 0.625. The standard InChI is InChI=1S/C24H30O3/c1-22-12-4-3-5-17(22)7-8-20-19(22)10-13-23(2)18(11-14-24(20,23)26)16-6-9-21(25)27-15-16/h3,5-7,9,15,18-20,26H,4,8,10-14H2,1-2H3. The lowest BCUT2D eigenvalue weighted by Crippen LogP contribution is -2.59. The van der Waals surface area contributed by atoms with Crippen LogP contribution in [0.3, 0.4) is 0 Å². The monoisotopic (exact) mass is 366 g/mol. The minimum Gasteiger partial charge on any atom is -0.431 e. The van der Waals surface area contributed by atoms with Crippen molar-refractivity contribution < 1.29 is 9.52 Å². The van der Waals surface area contributed by atoms with Crippen molar-refractivity contribution in [3.63, 3.8) is 0 Å². The highest BCUT2D eigenvalue weighted by Gasteiger charge is 2.66. The smallest absolute Gasteiger partial charge is 0.335 e. The highest BCUT2D eigenvalue weighted by Crippen LogP contribution is 2.69. The van der Waals surface area contributed by atoms with Crippen LogP contribution in [0, 0.1) is 22.7 Å². The Balaban J connectivity index is 1.54. The second-order valence-corrected chi connectivity index (χ2v) is 9.83. The molecule has 4 aliphatic rings. The van der Waals surface area contributed by atoms with Crippen molar-refractivity contribution in [2.45, 2.75) is 70.3 Å². The van der Waals surface area contributed by atoms with Gasteiger partial charge in [-0.05, 0) is 85.3 Å². The summed E-state index contributed by atoms with van der Waals surface area (Å²) in [5.41, 5.74) is 1.70. The summed E-state index contributed by atoms with van der Waals surface area (Å²) < 4.78 is 5.17. The number of hydrogen-bond acceptors (Lipinski definition) is 3. The fourth-order valence-electron chi connectivity index (χ4n) is 7.37. The molecule has 4 aliphatic carbocycles. The third kappa shape index (κ3) is 2.21. The second-order valence-electron chi connectivity index (χ2n) is 9.83. The summed E-state index contributed by atoms with van der Waals surface area (Å²) in [4.78, 5) is 11.4. The van der Waals surface area contributed by atoms with E-state index in [0.29, 0.717) is 11.8 Å². The molecule has 3 nitrogen and oxygen atoms in total. The fourth-order valence-corrected chi connectivity index (χ4v) is 7.37. The van der Waals surface area contributed by atoms with Crippen LogP contribution < -0.4 is 5.63 Å². The SMILES string of the molecule is CC12CCC=CC1=CCC1C2CCC2(C)C(c3ccc(=O)oc3)CCC12O. The first-order valence-corrected chi connectivity index (χ1v) is 10.6. The molecule has 0 radical (unpaired) electrons. The number of rotatable bonds is 1. The van der Waals surface area contributed by atoms with Crippen molar-refractivity contribution in [1.29, 1.82) is 0 Å². The second kappa shape index (κ2) is 5.70. The van der Waals surface area contributed by atoms with Gasteiger partial charge in [-0.3, -0.25) is 0 Å². The van der Waals surface area contributed by atoms with Crippen molar-refractivity contribution in [2.24, 2.45) is 22.7 Å². The summed E-state index contributed by atoms with van der Waals surface area (Å²) in [6.07, 6.45) is 16.1. The van der Waals surface area contributed by atoms with Crippen LogP contribution in [0.15, 0.2) is 51.4 Å². The van der Waals surface area contributed by atoms with E-state index in [-0.39, 0.29) is 22.4 Å². The third-order valence-corrected chi connectivity index (χ3v) is 8.97. The molecule has 5 rings (SSSR count). The summed E-state index contributed by atoms with van der Waals surface area (Å²) in [5, 5.41) is 12.1. The van der Waals surface area contributed by atoms with E-state index >= 15 is 0 Å². The average Bonchev–Trinajstić information content (AvgIpc) is 2.94. The maximum absolute atomic E-state index is 12.1. The highest BCUT2D eigenvalue weighted by molar-refractivity contribution is 5.36. The molecular weight excluding hydrogens is 336 g/mol. The van der Waals surface area contributed by atoms with E-state index in [0.717, 1.165) is 37.7 Å². The average molecular weight is 367 g/mol. The Morgan fingerprint density at radius 3 is 2.74 bits per heavy atom. The molecule has 0 amide bonds. The lowest BCUT2D eigenvalue weighted by atomic mass is 9.46. The van der Waals surface area contributed by atoms with Gasteiger partial charge >= 0.3 is 5.63 Å². The first-order valence-electron chi connectivity index (χ1n) is 10.6. The number of allylic oxidation sites excluding steroid dienone is 4. The van der Waals surface area contributed by atoms with Crippen LogP contribution in [0.4, 0.5) is 0 Å². The van der Waals surface area contributed by atoms with E-state index < -0.39 is 5.60 Å².